The maximum Gasteiger partial charge on any atom is 0.253 e. The summed E-state index contributed by atoms with van der Waals surface area (Å²) in [5.41, 5.74) is 0.940. The number of unbranched alkanes of at least 4 members (excludes halogenated alkanes) is 2. The summed E-state index contributed by atoms with van der Waals surface area (Å²) in [6.45, 7) is 5.91. The lowest BCUT2D eigenvalue weighted by Gasteiger charge is -2.16. The van der Waals surface area contributed by atoms with Crippen LogP contribution >= 0.6 is 0 Å². The van der Waals surface area contributed by atoms with E-state index in [1.165, 1.54) is 0 Å². The average molecular weight is 359 g/mol. The molecule has 1 atom stereocenters. The van der Waals surface area contributed by atoms with Crippen molar-refractivity contribution in [1.82, 2.24) is 10.2 Å². The number of amides is 3. The maximum absolute atomic E-state index is 12.6. The first kappa shape index (κ1) is 19.9. The normalized spacial score (nSPS) is 16.6. The molecule has 6 heteroatoms. The molecule has 1 aliphatic rings. The van der Waals surface area contributed by atoms with Gasteiger partial charge in [0, 0.05) is 26.1 Å². The summed E-state index contributed by atoms with van der Waals surface area (Å²) in [7, 11) is 0. The highest BCUT2D eigenvalue weighted by molar-refractivity contribution is 6.05. The molecule has 0 aliphatic carbocycles. The number of benzene rings is 1. The predicted molar refractivity (Wildman–Crippen MR) is 102 cm³/mol. The van der Waals surface area contributed by atoms with Gasteiger partial charge in [0.2, 0.25) is 11.8 Å². The summed E-state index contributed by atoms with van der Waals surface area (Å²) >= 11 is 0. The number of nitrogens with one attached hydrogen (secondary N) is 2. The maximum atomic E-state index is 12.6. The van der Waals surface area contributed by atoms with Crippen molar-refractivity contribution in [2.45, 2.75) is 46.0 Å². The molecular weight excluding hydrogens is 330 g/mol. The Bertz CT molecular complexity index is 645. The molecule has 1 saturated heterocycles. The fraction of sp³-hybridized carbons (Fsp3) is 0.550. The van der Waals surface area contributed by atoms with Crippen molar-refractivity contribution in [2.24, 2.45) is 5.92 Å². The van der Waals surface area contributed by atoms with Crippen LogP contribution in [0.2, 0.25) is 0 Å². The van der Waals surface area contributed by atoms with Gasteiger partial charge >= 0.3 is 0 Å². The van der Waals surface area contributed by atoms with E-state index < -0.39 is 0 Å². The van der Waals surface area contributed by atoms with Crippen molar-refractivity contribution in [3.05, 3.63) is 29.8 Å². The SMILES string of the molecule is CCCCNC(=O)c1ccccc1NC(=O)[C@@H]1CC(=O)N(CCCC)C1. The van der Waals surface area contributed by atoms with Crippen LogP contribution in [0, 0.1) is 5.92 Å². The van der Waals surface area contributed by atoms with Crippen molar-refractivity contribution in [1.29, 1.82) is 0 Å². The standard InChI is InChI=1S/C20H29N3O3/c1-3-5-11-21-20(26)16-9-7-8-10-17(16)22-19(25)15-13-18(24)23(14-15)12-6-4-2/h7-10,15H,3-6,11-14H2,1-2H3,(H,21,26)(H,22,25)/t15-/m1/s1. The van der Waals surface area contributed by atoms with Gasteiger partial charge in [-0.3, -0.25) is 14.4 Å². The third kappa shape index (κ3) is 5.31. The van der Waals surface area contributed by atoms with E-state index in [-0.39, 0.29) is 30.1 Å². The van der Waals surface area contributed by atoms with Gasteiger partial charge in [-0.1, -0.05) is 38.8 Å². The molecule has 0 aromatic heterocycles. The Hall–Kier alpha value is -2.37. The third-order valence-electron chi connectivity index (χ3n) is 4.61. The Morgan fingerprint density at radius 3 is 2.62 bits per heavy atom. The Kier molecular flexibility index (Phi) is 7.63. The Balaban J connectivity index is 1.99. The van der Waals surface area contributed by atoms with E-state index in [2.05, 4.69) is 24.5 Å². The van der Waals surface area contributed by atoms with Crippen LogP contribution in [0.3, 0.4) is 0 Å². The minimum atomic E-state index is -0.365. The van der Waals surface area contributed by atoms with Gasteiger partial charge in [-0.05, 0) is 25.0 Å². The molecule has 0 bridgehead atoms. The molecule has 0 spiro atoms. The minimum absolute atomic E-state index is 0.0317. The predicted octanol–water partition coefficient (Wildman–Crippen LogP) is 2.80. The Labute approximate surface area is 155 Å². The zero-order valence-electron chi connectivity index (χ0n) is 15.7. The van der Waals surface area contributed by atoms with Gasteiger partial charge in [0.1, 0.15) is 0 Å². The molecule has 6 nitrogen and oxygen atoms in total. The largest absolute Gasteiger partial charge is 0.352 e. The fourth-order valence-corrected chi connectivity index (χ4v) is 3.01. The molecule has 2 N–H and O–H groups in total. The number of hydrogen-bond acceptors (Lipinski definition) is 3. The van der Waals surface area contributed by atoms with Crippen LogP contribution in [-0.4, -0.2) is 42.3 Å². The molecule has 0 radical (unpaired) electrons. The summed E-state index contributed by atoms with van der Waals surface area (Å²) in [4.78, 5) is 38.7. The number of carbonyl (C=O) groups is 3. The van der Waals surface area contributed by atoms with Crippen LogP contribution in [0.25, 0.3) is 0 Å². The first-order chi connectivity index (χ1) is 12.6. The number of likely N-dealkylation sites (tertiary alicyclic amines) is 1. The van der Waals surface area contributed by atoms with Gasteiger partial charge < -0.3 is 15.5 Å². The van der Waals surface area contributed by atoms with Crippen LogP contribution in [0.5, 0.6) is 0 Å². The topological polar surface area (TPSA) is 78.5 Å². The van der Waals surface area contributed by atoms with E-state index in [0.29, 0.717) is 30.9 Å². The number of hydrogen-bond donors (Lipinski definition) is 2. The van der Waals surface area contributed by atoms with Crippen LogP contribution in [-0.2, 0) is 9.59 Å². The van der Waals surface area contributed by atoms with E-state index >= 15 is 0 Å². The number of rotatable bonds is 9. The zero-order valence-corrected chi connectivity index (χ0v) is 15.7. The second-order valence-electron chi connectivity index (χ2n) is 6.74. The van der Waals surface area contributed by atoms with Gasteiger partial charge in [0.05, 0.1) is 17.2 Å². The highest BCUT2D eigenvalue weighted by atomic mass is 16.2. The average Bonchev–Trinajstić information content (AvgIpc) is 3.01. The summed E-state index contributed by atoms with van der Waals surface area (Å²) in [6, 6.07) is 6.98. The fourth-order valence-electron chi connectivity index (χ4n) is 3.01. The van der Waals surface area contributed by atoms with Gasteiger partial charge in [-0.15, -0.1) is 0 Å². The van der Waals surface area contributed by atoms with Gasteiger partial charge in [-0.25, -0.2) is 0 Å². The van der Waals surface area contributed by atoms with Crippen molar-refractivity contribution < 1.29 is 14.4 Å². The van der Waals surface area contributed by atoms with Crippen LogP contribution in [0.15, 0.2) is 24.3 Å². The number of nitrogens with zero attached hydrogens (tertiary/aromatic N) is 1. The van der Waals surface area contributed by atoms with Crippen molar-refractivity contribution in [3.8, 4) is 0 Å². The van der Waals surface area contributed by atoms with Crippen LogP contribution in [0.4, 0.5) is 5.69 Å². The summed E-state index contributed by atoms with van der Waals surface area (Å²) in [5, 5.41) is 5.71. The first-order valence-electron chi connectivity index (χ1n) is 9.52. The van der Waals surface area contributed by atoms with E-state index in [0.717, 1.165) is 25.7 Å². The van der Waals surface area contributed by atoms with E-state index in [1.807, 2.05) is 0 Å². The van der Waals surface area contributed by atoms with Gasteiger partial charge in [0.15, 0.2) is 0 Å². The summed E-state index contributed by atoms with van der Waals surface area (Å²) < 4.78 is 0. The minimum Gasteiger partial charge on any atom is -0.352 e. The highest BCUT2D eigenvalue weighted by Gasteiger charge is 2.34. The molecule has 1 heterocycles. The molecule has 1 aliphatic heterocycles. The third-order valence-corrected chi connectivity index (χ3v) is 4.61. The molecular formula is C20H29N3O3. The summed E-state index contributed by atoms with van der Waals surface area (Å²) in [6.07, 6.45) is 4.11. The molecule has 0 unspecified atom stereocenters. The molecule has 1 fully saturated rings. The highest BCUT2D eigenvalue weighted by Crippen LogP contribution is 2.22. The smallest absolute Gasteiger partial charge is 0.253 e. The lowest BCUT2D eigenvalue weighted by atomic mass is 10.1. The van der Waals surface area contributed by atoms with E-state index in [9.17, 15) is 14.4 Å². The quantitative estimate of drug-likeness (QED) is 0.666. The van der Waals surface area contributed by atoms with Crippen molar-refractivity contribution >= 4 is 23.4 Å². The second-order valence-corrected chi connectivity index (χ2v) is 6.74. The van der Waals surface area contributed by atoms with Crippen molar-refractivity contribution in [2.75, 3.05) is 25.0 Å². The molecule has 1 aromatic rings. The van der Waals surface area contributed by atoms with Crippen LogP contribution < -0.4 is 10.6 Å². The summed E-state index contributed by atoms with van der Waals surface area (Å²) in [5.74, 6) is -0.729. The molecule has 0 saturated carbocycles. The zero-order chi connectivity index (χ0) is 18.9. The monoisotopic (exact) mass is 359 g/mol. The number of para-hydroxylation sites is 1. The van der Waals surface area contributed by atoms with Gasteiger partial charge in [-0.2, -0.15) is 0 Å². The van der Waals surface area contributed by atoms with Crippen LogP contribution in [0.1, 0.15) is 56.3 Å². The number of carbonyl (C=O) groups excluding carboxylic acids is 3. The Morgan fingerprint density at radius 2 is 1.88 bits per heavy atom. The number of anilines is 1. The second kappa shape index (κ2) is 9.94. The molecule has 2 rings (SSSR count). The van der Waals surface area contributed by atoms with E-state index in [4.69, 9.17) is 0 Å². The Morgan fingerprint density at radius 1 is 1.15 bits per heavy atom. The molecule has 26 heavy (non-hydrogen) atoms. The molecule has 1 aromatic carbocycles. The molecule has 142 valence electrons. The van der Waals surface area contributed by atoms with Crippen molar-refractivity contribution in [3.63, 3.8) is 0 Å². The lowest BCUT2D eigenvalue weighted by molar-refractivity contribution is -0.128. The van der Waals surface area contributed by atoms with E-state index in [1.54, 1.807) is 29.2 Å². The van der Waals surface area contributed by atoms with Gasteiger partial charge in [0.25, 0.3) is 5.91 Å². The lowest BCUT2D eigenvalue weighted by Crippen LogP contribution is -2.30. The molecule has 3 amide bonds. The first-order valence-corrected chi connectivity index (χ1v) is 9.52.